The predicted molar refractivity (Wildman–Crippen MR) is 92.2 cm³/mol. The molecule has 0 radical (unpaired) electrons. The molecule has 1 fully saturated rings. The van der Waals surface area contributed by atoms with E-state index in [0.29, 0.717) is 31.6 Å². The molecule has 1 aliphatic heterocycles. The predicted octanol–water partition coefficient (Wildman–Crippen LogP) is 3.05. The molecule has 1 N–H and O–H groups in total. The molecule has 5 nitrogen and oxygen atoms in total. The van der Waals surface area contributed by atoms with Crippen LogP contribution in [0.25, 0.3) is 0 Å². The summed E-state index contributed by atoms with van der Waals surface area (Å²) in [6.07, 6.45) is 3.32. The molecule has 0 bridgehead atoms. The number of hydrogen-bond donors (Lipinski definition) is 1. The lowest BCUT2D eigenvalue weighted by molar-refractivity contribution is -0.142. The van der Waals surface area contributed by atoms with Crippen molar-refractivity contribution in [3.63, 3.8) is 0 Å². The van der Waals surface area contributed by atoms with Gasteiger partial charge in [-0.1, -0.05) is 18.2 Å². The number of hydrogen-bond acceptors (Lipinski definition) is 3. The molecule has 1 unspecified atom stereocenters. The van der Waals surface area contributed by atoms with Crippen LogP contribution in [0.15, 0.2) is 42.6 Å². The van der Waals surface area contributed by atoms with Gasteiger partial charge in [0.25, 0.3) is 0 Å². The lowest BCUT2D eigenvalue weighted by Crippen LogP contribution is -2.49. The van der Waals surface area contributed by atoms with Crippen molar-refractivity contribution in [1.82, 2.24) is 9.88 Å². The Hall–Kier alpha value is -2.76. The highest BCUT2D eigenvalue weighted by Crippen LogP contribution is 2.23. The zero-order chi connectivity index (χ0) is 17.8. The molecular formula is C19H20FN3O2. The molecule has 1 aliphatic rings. The molecule has 2 amide bonds. The molecule has 1 saturated heterocycles. The van der Waals surface area contributed by atoms with Gasteiger partial charge in [0.05, 0.1) is 0 Å². The molecule has 130 valence electrons. The minimum absolute atomic E-state index is 0.0616. The molecular weight excluding hydrogens is 321 g/mol. The topological polar surface area (TPSA) is 62.3 Å². The van der Waals surface area contributed by atoms with Gasteiger partial charge in [0.2, 0.25) is 11.8 Å². The van der Waals surface area contributed by atoms with Gasteiger partial charge in [-0.05, 0) is 49.1 Å². The van der Waals surface area contributed by atoms with Crippen LogP contribution in [0.5, 0.6) is 0 Å². The van der Waals surface area contributed by atoms with Crippen LogP contribution in [0, 0.1) is 12.7 Å². The Kier molecular flexibility index (Phi) is 5.07. The monoisotopic (exact) mass is 341 g/mol. The summed E-state index contributed by atoms with van der Waals surface area (Å²) in [5.74, 6) is -0.119. The van der Waals surface area contributed by atoms with Crippen LogP contribution in [0.1, 0.15) is 30.4 Å². The molecule has 3 rings (SSSR count). The van der Waals surface area contributed by atoms with Crippen LogP contribution < -0.4 is 5.32 Å². The van der Waals surface area contributed by atoms with Crippen LogP contribution in [-0.4, -0.2) is 27.7 Å². The molecule has 1 atom stereocenters. The van der Waals surface area contributed by atoms with Gasteiger partial charge in [0.1, 0.15) is 17.7 Å². The molecule has 25 heavy (non-hydrogen) atoms. The Morgan fingerprint density at radius 2 is 2.08 bits per heavy atom. The van der Waals surface area contributed by atoms with E-state index < -0.39 is 6.04 Å². The highest BCUT2D eigenvalue weighted by Gasteiger charge is 2.33. The molecule has 1 aromatic heterocycles. The Morgan fingerprint density at radius 3 is 2.80 bits per heavy atom. The lowest BCUT2D eigenvalue weighted by atomic mass is 9.99. The number of piperidine rings is 1. The first-order valence-electron chi connectivity index (χ1n) is 8.31. The van der Waals surface area contributed by atoms with Crippen molar-refractivity contribution in [1.29, 1.82) is 0 Å². The summed E-state index contributed by atoms with van der Waals surface area (Å²) in [4.78, 5) is 30.8. The zero-order valence-corrected chi connectivity index (χ0v) is 14.0. The summed E-state index contributed by atoms with van der Waals surface area (Å²) >= 11 is 0. The number of rotatable bonds is 4. The summed E-state index contributed by atoms with van der Waals surface area (Å²) in [7, 11) is 0. The van der Waals surface area contributed by atoms with Gasteiger partial charge in [-0.3, -0.25) is 9.59 Å². The number of nitrogens with zero attached hydrogens (tertiary/aromatic N) is 2. The summed E-state index contributed by atoms with van der Waals surface area (Å²) < 4.78 is 13.1. The number of aryl methyl sites for hydroxylation is 1. The Balaban J connectivity index is 1.77. The standard InChI is InChI=1S/C19H20FN3O2/c1-13-4-3-11-21-18(13)22-19(25)16-5-2-6-17(24)23(16)12-14-7-9-15(20)10-8-14/h3-4,7-11,16H,2,5-6,12H2,1H3,(H,21,22,25). The SMILES string of the molecule is Cc1cccnc1NC(=O)C1CCCC(=O)N1Cc1ccc(F)cc1. The summed E-state index contributed by atoms with van der Waals surface area (Å²) in [6, 6.07) is 9.10. The molecule has 0 aliphatic carbocycles. The van der Waals surface area contributed by atoms with Crippen LogP contribution in [0.3, 0.4) is 0 Å². The zero-order valence-electron chi connectivity index (χ0n) is 14.0. The number of aromatic nitrogens is 1. The van der Waals surface area contributed by atoms with Crippen molar-refractivity contribution < 1.29 is 14.0 Å². The molecule has 6 heteroatoms. The minimum atomic E-state index is -0.548. The first-order valence-corrected chi connectivity index (χ1v) is 8.31. The van der Waals surface area contributed by atoms with Gasteiger partial charge in [0.15, 0.2) is 0 Å². The van der Waals surface area contributed by atoms with E-state index in [4.69, 9.17) is 0 Å². The third-order valence-electron chi connectivity index (χ3n) is 4.38. The van der Waals surface area contributed by atoms with Crippen molar-refractivity contribution in [3.8, 4) is 0 Å². The van der Waals surface area contributed by atoms with E-state index in [-0.39, 0.29) is 17.6 Å². The number of likely N-dealkylation sites (tertiary alicyclic amines) is 1. The second-order valence-corrected chi connectivity index (χ2v) is 6.21. The van der Waals surface area contributed by atoms with E-state index in [1.807, 2.05) is 13.0 Å². The average Bonchev–Trinajstić information content (AvgIpc) is 2.60. The summed E-state index contributed by atoms with van der Waals surface area (Å²) in [5.41, 5.74) is 1.66. The maximum atomic E-state index is 13.1. The van der Waals surface area contributed by atoms with Gasteiger partial charge in [-0.2, -0.15) is 0 Å². The van der Waals surface area contributed by atoms with E-state index in [1.54, 1.807) is 29.3 Å². The molecule has 0 spiro atoms. The van der Waals surface area contributed by atoms with Crippen LogP contribution in [-0.2, 0) is 16.1 Å². The largest absolute Gasteiger partial charge is 0.326 e. The lowest BCUT2D eigenvalue weighted by Gasteiger charge is -2.34. The maximum absolute atomic E-state index is 13.1. The number of halogens is 1. The van der Waals surface area contributed by atoms with E-state index in [9.17, 15) is 14.0 Å². The molecule has 2 aromatic rings. The number of anilines is 1. The van der Waals surface area contributed by atoms with E-state index in [2.05, 4.69) is 10.3 Å². The van der Waals surface area contributed by atoms with Gasteiger partial charge in [-0.25, -0.2) is 9.37 Å². The second-order valence-electron chi connectivity index (χ2n) is 6.21. The van der Waals surface area contributed by atoms with Crippen molar-refractivity contribution in [2.75, 3.05) is 5.32 Å². The Morgan fingerprint density at radius 1 is 1.32 bits per heavy atom. The number of carbonyl (C=O) groups is 2. The quantitative estimate of drug-likeness (QED) is 0.930. The molecule has 0 saturated carbocycles. The van der Waals surface area contributed by atoms with E-state index >= 15 is 0 Å². The van der Waals surface area contributed by atoms with E-state index in [0.717, 1.165) is 11.1 Å². The number of carbonyl (C=O) groups excluding carboxylic acids is 2. The number of benzene rings is 1. The number of amides is 2. The van der Waals surface area contributed by atoms with Crippen molar-refractivity contribution in [2.24, 2.45) is 0 Å². The third-order valence-corrected chi connectivity index (χ3v) is 4.38. The Bertz CT molecular complexity index is 776. The first kappa shape index (κ1) is 17.1. The normalized spacial score (nSPS) is 17.4. The van der Waals surface area contributed by atoms with Crippen LogP contribution in [0.2, 0.25) is 0 Å². The smallest absolute Gasteiger partial charge is 0.248 e. The van der Waals surface area contributed by atoms with E-state index in [1.165, 1.54) is 12.1 Å². The van der Waals surface area contributed by atoms with Crippen molar-refractivity contribution in [3.05, 3.63) is 59.5 Å². The highest BCUT2D eigenvalue weighted by atomic mass is 19.1. The van der Waals surface area contributed by atoms with Crippen LogP contribution >= 0.6 is 0 Å². The van der Waals surface area contributed by atoms with Gasteiger partial charge in [-0.15, -0.1) is 0 Å². The summed E-state index contributed by atoms with van der Waals surface area (Å²) in [6.45, 7) is 2.16. The molecule has 2 heterocycles. The second kappa shape index (κ2) is 7.42. The fraction of sp³-hybridized carbons (Fsp3) is 0.316. The average molecular weight is 341 g/mol. The van der Waals surface area contributed by atoms with Gasteiger partial charge < -0.3 is 10.2 Å². The van der Waals surface area contributed by atoms with Crippen LogP contribution in [0.4, 0.5) is 10.2 Å². The fourth-order valence-corrected chi connectivity index (χ4v) is 2.99. The number of nitrogens with one attached hydrogen (secondary N) is 1. The van der Waals surface area contributed by atoms with Gasteiger partial charge in [0, 0.05) is 19.2 Å². The maximum Gasteiger partial charge on any atom is 0.248 e. The molecule has 1 aromatic carbocycles. The fourth-order valence-electron chi connectivity index (χ4n) is 2.99. The third kappa shape index (κ3) is 4.02. The minimum Gasteiger partial charge on any atom is -0.326 e. The Labute approximate surface area is 145 Å². The summed E-state index contributed by atoms with van der Waals surface area (Å²) in [5, 5.41) is 2.82. The van der Waals surface area contributed by atoms with Crippen molar-refractivity contribution >= 4 is 17.6 Å². The highest BCUT2D eigenvalue weighted by molar-refractivity contribution is 5.97. The number of pyridine rings is 1. The first-order chi connectivity index (χ1) is 12.0. The van der Waals surface area contributed by atoms with Gasteiger partial charge >= 0.3 is 0 Å². The van der Waals surface area contributed by atoms with Crippen molar-refractivity contribution in [2.45, 2.75) is 38.8 Å².